The van der Waals surface area contributed by atoms with Crippen LogP contribution in [-0.2, 0) is 11.8 Å². The van der Waals surface area contributed by atoms with Gasteiger partial charge in [0, 0.05) is 18.7 Å². The Balaban J connectivity index is 2.12. The molecule has 7 nitrogen and oxygen atoms in total. The highest BCUT2D eigenvalue weighted by Gasteiger charge is 2.24. The van der Waals surface area contributed by atoms with E-state index in [0.29, 0.717) is 5.56 Å². The van der Waals surface area contributed by atoms with E-state index in [0.717, 1.165) is 6.07 Å². The Morgan fingerprint density at radius 2 is 1.91 bits per heavy atom. The monoisotopic (exact) mass is 302 g/mol. The first-order chi connectivity index (χ1) is 10.4. The molecule has 0 aliphatic heterocycles. The minimum atomic E-state index is -0.983. The Hall–Kier alpha value is -2.96. The summed E-state index contributed by atoms with van der Waals surface area (Å²) in [5, 5.41) is 10.7. The summed E-state index contributed by atoms with van der Waals surface area (Å²) in [7, 11) is 1.49. The molecule has 0 aliphatic carbocycles. The number of nitro groups is 1. The van der Waals surface area contributed by atoms with Crippen molar-refractivity contribution in [1.29, 1.82) is 0 Å². The second-order valence-corrected chi connectivity index (χ2v) is 4.73. The van der Waals surface area contributed by atoms with Gasteiger partial charge in [-0.1, -0.05) is 30.3 Å². The first kappa shape index (κ1) is 15.4. The van der Waals surface area contributed by atoms with Crippen molar-refractivity contribution in [2.75, 3.05) is 0 Å². The molecule has 0 aliphatic rings. The maximum absolute atomic E-state index is 12.1. The van der Waals surface area contributed by atoms with Crippen molar-refractivity contribution in [3.05, 3.63) is 64.0 Å². The molecule has 0 radical (unpaired) electrons. The highest BCUT2D eigenvalue weighted by molar-refractivity contribution is 6.01. The van der Waals surface area contributed by atoms with Crippen LogP contribution in [0.2, 0.25) is 0 Å². The third-order valence-electron chi connectivity index (χ3n) is 3.12. The summed E-state index contributed by atoms with van der Waals surface area (Å²) in [6.45, 7) is 1.46. The van der Waals surface area contributed by atoms with E-state index in [1.54, 1.807) is 30.3 Å². The molecular formula is C15H14N2O5. The number of carbonyl (C=O) groups is 2. The number of esters is 1. The molecule has 114 valence electrons. The molecule has 1 unspecified atom stereocenters. The minimum absolute atomic E-state index is 0.0133. The quantitative estimate of drug-likeness (QED) is 0.366. The van der Waals surface area contributed by atoms with Gasteiger partial charge >= 0.3 is 5.97 Å². The molecule has 1 heterocycles. The van der Waals surface area contributed by atoms with Crippen LogP contribution in [0.25, 0.3) is 0 Å². The highest BCUT2D eigenvalue weighted by atomic mass is 16.6. The van der Waals surface area contributed by atoms with Crippen LogP contribution in [0.1, 0.15) is 27.8 Å². The van der Waals surface area contributed by atoms with Gasteiger partial charge in [-0.15, -0.1) is 0 Å². The van der Waals surface area contributed by atoms with E-state index >= 15 is 0 Å². The van der Waals surface area contributed by atoms with Crippen LogP contribution in [0.15, 0.2) is 42.6 Å². The maximum atomic E-state index is 12.1. The summed E-state index contributed by atoms with van der Waals surface area (Å²) in [5.41, 5.74) is 0.233. The van der Waals surface area contributed by atoms with Gasteiger partial charge in [-0.25, -0.2) is 4.79 Å². The minimum Gasteiger partial charge on any atom is -0.450 e. The summed E-state index contributed by atoms with van der Waals surface area (Å²) >= 11 is 0. The highest BCUT2D eigenvalue weighted by Crippen LogP contribution is 2.17. The smallest absolute Gasteiger partial charge is 0.355 e. The SMILES string of the molecule is CC(OC(=O)c1cc([N+](=O)[O-])cn1C)C(=O)c1ccccc1. The van der Waals surface area contributed by atoms with Gasteiger partial charge in [0.25, 0.3) is 5.69 Å². The van der Waals surface area contributed by atoms with Crippen LogP contribution in [0, 0.1) is 10.1 Å². The second kappa shape index (κ2) is 6.21. The van der Waals surface area contributed by atoms with Gasteiger partial charge in [0.05, 0.1) is 11.1 Å². The van der Waals surface area contributed by atoms with Gasteiger partial charge in [-0.2, -0.15) is 0 Å². The van der Waals surface area contributed by atoms with Gasteiger partial charge in [0.2, 0.25) is 5.78 Å². The molecule has 1 atom stereocenters. The van der Waals surface area contributed by atoms with Crippen LogP contribution >= 0.6 is 0 Å². The van der Waals surface area contributed by atoms with E-state index < -0.39 is 17.0 Å². The summed E-state index contributed by atoms with van der Waals surface area (Å²) < 4.78 is 6.39. The third kappa shape index (κ3) is 3.20. The lowest BCUT2D eigenvalue weighted by Crippen LogP contribution is -2.25. The first-order valence-electron chi connectivity index (χ1n) is 6.51. The van der Waals surface area contributed by atoms with Gasteiger partial charge in [-0.3, -0.25) is 14.9 Å². The fraction of sp³-hybridized carbons (Fsp3) is 0.200. The molecule has 22 heavy (non-hydrogen) atoms. The van der Waals surface area contributed by atoms with Crippen molar-refractivity contribution in [3.63, 3.8) is 0 Å². The molecule has 0 fully saturated rings. The molecule has 0 saturated heterocycles. The van der Waals surface area contributed by atoms with Crippen LogP contribution in [0.3, 0.4) is 0 Å². The van der Waals surface area contributed by atoms with Crippen LogP contribution in [0.4, 0.5) is 5.69 Å². The normalized spacial score (nSPS) is 11.7. The number of benzene rings is 1. The van der Waals surface area contributed by atoms with Crippen molar-refractivity contribution >= 4 is 17.4 Å². The Morgan fingerprint density at radius 1 is 1.27 bits per heavy atom. The predicted octanol–water partition coefficient (Wildman–Crippen LogP) is 2.36. The average Bonchev–Trinajstić information content (AvgIpc) is 2.89. The molecular weight excluding hydrogens is 288 g/mol. The fourth-order valence-electron chi connectivity index (χ4n) is 1.96. The molecule has 0 N–H and O–H groups in total. The average molecular weight is 302 g/mol. The predicted molar refractivity (Wildman–Crippen MR) is 77.7 cm³/mol. The Morgan fingerprint density at radius 3 is 2.45 bits per heavy atom. The molecule has 2 aromatic rings. The van der Waals surface area contributed by atoms with Crippen molar-refractivity contribution in [2.24, 2.45) is 7.05 Å². The van der Waals surface area contributed by atoms with E-state index in [1.165, 1.54) is 24.7 Å². The number of ketones is 1. The van der Waals surface area contributed by atoms with E-state index in [-0.39, 0.29) is 17.2 Å². The second-order valence-electron chi connectivity index (χ2n) is 4.73. The van der Waals surface area contributed by atoms with Crippen molar-refractivity contribution in [1.82, 2.24) is 4.57 Å². The summed E-state index contributed by atoms with van der Waals surface area (Å²) in [6, 6.07) is 9.56. The number of ether oxygens (including phenoxy) is 1. The molecule has 0 bridgehead atoms. The van der Waals surface area contributed by atoms with Crippen molar-refractivity contribution in [2.45, 2.75) is 13.0 Å². The summed E-state index contributed by atoms with van der Waals surface area (Å²) in [4.78, 5) is 34.2. The number of hydrogen-bond donors (Lipinski definition) is 0. The number of rotatable bonds is 5. The number of nitrogens with zero attached hydrogens (tertiary/aromatic N) is 2. The number of aromatic nitrogens is 1. The lowest BCUT2D eigenvalue weighted by molar-refractivity contribution is -0.384. The maximum Gasteiger partial charge on any atom is 0.355 e. The van der Waals surface area contributed by atoms with Gasteiger partial charge in [0.15, 0.2) is 6.10 Å². The van der Waals surface area contributed by atoms with E-state index in [2.05, 4.69) is 0 Å². The Kier molecular flexibility index (Phi) is 4.36. The Bertz CT molecular complexity index is 721. The summed E-state index contributed by atoms with van der Waals surface area (Å²) in [6.07, 6.45) is 0.226. The number of Topliss-reactive ketones (excluding diaryl/α,β-unsaturated/α-hetero) is 1. The summed E-state index contributed by atoms with van der Waals surface area (Å²) in [5.74, 6) is -1.12. The van der Waals surface area contributed by atoms with Crippen LogP contribution in [0.5, 0.6) is 0 Å². The number of carbonyl (C=O) groups excluding carboxylic acids is 2. The fourth-order valence-corrected chi connectivity index (χ4v) is 1.96. The molecule has 7 heteroatoms. The largest absolute Gasteiger partial charge is 0.450 e. The third-order valence-corrected chi connectivity index (χ3v) is 3.12. The molecule has 0 saturated carbocycles. The lowest BCUT2D eigenvalue weighted by atomic mass is 10.1. The molecule has 0 spiro atoms. The zero-order valence-electron chi connectivity index (χ0n) is 12.1. The van der Waals surface area contributed by atoms with Gasteiger partial charge in [0.1, 0.15) is 5.69 Å². The first-order valence-corrected chi connectivity index (χ1v) is 6.51. The number of aryl methyl sites for hydroxylation is 1. The molecule has 1 aromatic heterocycles. The molecule has 2 rings (SSSR count). The zero-order valence-corrected chi connectivity index (χ0v) is 12.1. The van der Waals surface area contributed by atoms with Crippen LogP contribution < -0.4 is 0 Å². The zero-order chi connectivity index (χ0) is 16.3. The van der Waals surface area contributed by atoms with E-state index in [9.17, 15) is 19.7 Å². The standard InChI is InChI=1S/C15H14N2O5/c1-10(14(18)11-6-4-3-5-7-11)22-15(19)13-8-12(17(20)21)9-16(13)2/h3-10H,1-2H3. The lowest BCUT2D eigenvalue weighted by Gasteiger charge is -2.12. The topological polar surface area (TPSA) is 91.4 Å². The van der Waals surface area contributed by atoms with Crippen molar-refractivity contribution < 1.29 is 19.2 Å². The Labute approximate surface area is 126 Å². The number of hydrogen-bond acceptors (Lipinski definition) is 5. The molecule has 1 aromatic carbocycles. The molecule has 0 amide bonds. The van der Waals surface area contributed by atoms with E-state index in [1.807, 2.05) is 0 Å². The van der Waals surface area contributed by atoms with E-state index in [4.69, 9.17) is 4.74 Å². The van der Waals surface area contributed by atoms with Crippen molar-refractivity contribution in [3.8, 4) is 0 Å². The van der Waals surface area contributed by atoms with Gasteiger partial charge in [-0.05, 0) is 6.92 Å². The van der Waals surface area contributed by atoms with Gasteiger partial charge < -0.3 is 9.30 Å². The van der Waals surface area contributed by atoms with Crippen LogP contribution in [-0.4, -0.2) is 27.3 Å².